The third kappa shape index (κ3) is 3.42. The Morgan fingerprint density at radius 3 is 2.22 bits per heavy atom. The van der Waals surface area contributed by atoms with Crippen molar-refractivity contribution in [3.05, 3.63) is 41.7 Å². The average Bonchev–Trinajstić information content (AvgIpc) is 2.28. The Morgan fingerprint density at radius 1 is 1.22 bits per heavy atom. The van der Waals surface area contributed by atoms with Crippen molar-refractivity contribution in [2.45, 2.75) is 32.1 Å². The molecule has 1 rings (SSSR count). The molecule has 0 fully saturated rings. The summed E-state index contributed by atoms with van der Waals surface area (Å²) in [5.74, 6) is -0.213. The van der Waals surface area contributed by atoms with Crippen LogP contribution in [0, 0.1) is 0 Å². The predicted molar refractivity (Wildman–Crippen MR) is 74.3 cm³/mol. The molecule has 0 saturated heterocycles. The van der Waals surface area contributed by atoms with Gasteiger partial charge in [0.2, 0.25) is 0 Å². The Labute approximate surface area is 108 Å². The van der Waals surface area contributed by atoms with E-state index in [2.05, 4.69) is 0 Å². The van der Waals surface area contributed by atoms with E-state index in [0.29, 0.717) is 0 Å². The summed E-state index contributed by atoms with van der Waals surface area (Å²) in [5.41, 5.74) is -2.13. The van der Waals surface area contributed by atoms with Crippen LogP contribution >= 0.6 is 0 Å². The van der Waals surface area contributed by atoms with Crippen LogP contribution in [-0.4, -0.2) is 20.2 Å². The summed E-state index contributed by atoms with van der Waals surface area (Å²) in [6.45, 7) is 6.90. The fourth-order valence-electron chi connectivity index (χ4n) is 1.45. The topological polar surface area (TPSA) is 9.23 Å². The van der Waals surface area contributed by atoms with Crippen LogP contribution in [-0.2, 0) is 4.74 Å². The van der Waals surface area contributed by atoms with Crippen molar-refractivity contribution < 1.29 is 13.5 Å². The molecular weight excluding hydrogens is 250 g/mol. The van der Waals surface area contributed by atoms with Gasteiger partial charge in [0.1, 0.15) is 8.07 Å². The molecule has 0 aliphatic heterocycles. The van der Waals surface area contributed by atoms with Crippen LogP contribution in [0.2, 0.25) is 19.6 Å². The molecule has 1 nitrogen and oxygen atoms in total. The van der Waals surface area contributed by atoms with E-state index in [1.807, 2.05) is 18.2 Å². The number of alkyl halides is 2. The SMILES string of the molecule is CCO/C(=C/c1ccccc1)C(F)(F)[Si](C)(C)C. The van der Waals surface area contributed by atoms with Gasteiger partial charge >= 0.3 is 0 Å². The summed E-state index contributed by atoms with van der Waals surface area (Å²) in [7, 11) is -2.67. The Balaban J connectivity index is 3.15. The van der Waals surface area contributed by atoms with Crippen molar-refractivity contribution in [1.82, 2.24) is 0 Å². The van der Waals surface area contributed by atoms with Crippen molar-refractivity contribution in [2.75, 3.05) is 6.61 Å². The zero-order valence-electron chi connectivity index (χ0n) is 11.3. The number of halogens is 2. The van der Waals surface area contributed by atoms with E-state index in [0.717, 1.165) is 5.56 Å². The zero-order chi connectivity index (χ0) is 13.8. The molecule has 0 aromatic heterocycles. The smallest absolute Gasteiger partial charge is 0.283 e. The molecule has 0 bridgehead atoms. The molecule has 0 aliphatic rings. The number of allylic oxidation sites excluding steroid dienone is 1. The average molecular weight is 270 g/mol. The van der Waals surface area contributed by atoms with Crippen molar-refractivity contribution in [1.29, 1.82) is 0 Å². The summed E-state index contributed by atoms with van der Waals surface area (Å²) in [5, 5.41) is 0. The number of hydrogen-bond acceptors (Lipinski definition) is 1. The maximum atomic E-state index is 14.3. The quantitative estimate of drug-likeness (QED) is 0.562. The summed E-state index contributed by atoms with van der Waals surface area (Å²) in [6.07, 6.45) is 1.45. The van der Waals surface area contributed by atoms with E-state index in [1.54, 1.807) is 38.7 Å². The van der Waals surface area contributed by atoms with E-state index in [1.165, 1.54) is 6.08 Å². The van der Waals surface area contributed by atoms with Gasteiger partial charge in [-0.2, -0.15) is 0 Å². The maximum absolute atomic E-state index is 14.3. The van der Waals surface area contributed by atoms with Gasteiger partial charge in [0.15, 0.2) is 5.76 Å². The van der Waals surface area contributed by atoms with Crippen LogP contribution in [0.3, 0.4) is 0 Å². The molecule has 0 N–H and O–H groups in total. The van der Waals surface area contributed by atoms with Gasteiger partial charge in [0.25, 0.3) is 5.55 Å². The maximum Gasteiger partial charge on any atom is 0.283 e. The monoisotopic (exact) mass is 270 g/mol. The molecule has 0 saturated carbocycles. The molecule has 100 valence electrons. The minimum Gasteiger partial charge on any atom is -0.492 e. The van der Waals surface area contributed by atoms with Gasteiger partial charge in [0.05, 0.1) is 6.61 Å². The Morgan fingerprint density at radius 2 is 1.78 bits per heavy atom. The largest absolute Gasteiger partial charge is 0.492 e. The third-order valence-corrected chi connectivity index (χ3v) is 4.78. The Bertz CT molecular complexity index is 408. The first-order chi connectivity index (χ1) is 8.29. The van der Waals surface area contributed by atoms with Crippen LogP contribution < -0.4 is 0 Å². The minimum absolute atomic E-state index is 0.213. The molecule has 0 radical (unpaired) electrons. The number of hydrogen-bond donors (Lipinski definition) is 0. The Hall–Kier alpha value is -1.16. The lowest BCUT2D eigenvalue weighted by molar-refractivity contribution is 0.0445. The van der Waals surface area contributed by atoms with Gasteiger partial charge in [-0.15, -0.1) is 0 Å². The molecule has 0 amide bonds. The van der Waals surface area contributed by atoms with Crippen LogP contribution in [0.15, 0.2) is 36.1 Å². The second-order valence-electron chi connectivity index (χ2n) is 5.18. The first-order valence-electron chi connectivity index (χ1n) is 6.07. The second kappa shape index (κ2) is 5.65. The number of ether oxygens (including phenoxy) is 1. The second-order valence-corrected chi connectivity index (χ2v) is 10.3. The highest BCUT2D eigenvalue weighted by Gasteiger charge is 2.49. The van der Waals surface area contributed by atoms with Crippen LogP contribution in [0.1, 0.15) is 12.5 Å². The van der Waals surface area contributed by atoms with Gasteiger partial charge in [-0.25, -0.2) is 8.78 Å². The molecule has 0 atom stereocenters. The van der Waals surface area contributed by atoms with E-state index < -0.39 is 13.6 Å². The molecule has 0 spiro atoms. The summed E-state index contributed by atoms with van der Waals surface area (Å²) in [6, 6.07) is 9.08. The fraction of sp³-hybridized carbons (Fsp3) is 0.429. The first-order valence-corrected chi connectivity index (χ1v) is 9.57. The molecule has 0 unspecified atom stereocenters. The lowest BCUT2D eigenvalue weighted by Crippen LogP contribution is -2.47. The fourth-order valence-corrected chi connectivity index (χ4v) is 2.33. The van der Waals surface area contributed by atoms with E-state index in [-0.39, 0.29) is 12.4 Å². The van der Waals surface area contributed by atoms with Crippen LogP contribution in [0.25, 0.3) is 6.08 Å². The molecule has 0 aliphatic carbocycles. The van der Waals surface area contributed by atoms with Crippen LogP contribution in [0.4, 0.5) is 8.78 Å². The van der Waals surface area contributed by atoms with E-state index >= 15 is 0 Å². The van der Waals surface area contributed by atoms with Crippen molar-refractivity contribution in [3.63, 3.8) is 0 Å². The predicted octanol–water partition coefficient (Wildman–Crippen LogP) is 4.58. The highest BCUT2D eigenvalue weighted by Crippen LogP contribution is 2.36. The van der Waals surface area contributed by atoms with E-state index in [4.69, 9.17) is 4.74 Å². The van der Waals surface area contributed by atoms with Crippen molar-refractivity contribution in [2.24, 2.45) is 0 Å². The number of rotatable bonds is 5. The molecule has 1 aromatic carbocycles. The first kappa shape index (κ1) is 14.9. The lowest BCUT2D eigenvalue weighted by Gasteiger charge is -2.30. The summed E-state index contributed by atoms with van der Waals surface area (Å²) < 4.78 is 33.9. The molecule has 0 heterocycles. The molecule has 18 heavy (non-hydrogen) atoms. The molecule has 1 aromatic rings. The Kier molecular flexibility index (Phi) is 4.68. The summed E-state index contributed by atoms with van der Waals surface area (Å²) >= 11 is 0. The lowest BCUT2D eigenvalue weighted by atomic mass is 10.2. The number of benzene rings is 1. The standard InChI is InChI=1S/C14H20F2OSi/c1-5-17-13(14(15,16)18(2,3)4)11-12-9-7-6-8-10-12/h6-11H,5H2,1-4H3/b13-11+. The highest BCUT2D eigenvalue weighted by atomic mass is 28.3. The molecular formula is C14H20F2OSi. The van der Waals surface area contributed by atoms with Gasteiger partial charge in [-0.1, -0.05) is 50.0 Å². The zero-order valence-corrected chi connectivity index (χ0v) is 12.3. The third-order valence-electron chi connectivity index (χ3n) is 2.65. The summed E-state index contributed by atoms with van der Waals surface area (Å²) in [4.78, 5) is 0. The van der Waals surface area contributed by atoms with Crippen LogP contribution in [0.5, 0.6) is 0 Å². The van der Waals surface area contributed by atoms with E-state index in [9.17, 15) is 8.78 Å². The molecule has 4 heteroatoms. The van der Waals surface area contributed by atoms with Gasteiger partial charge < -0.3 is 4.74 Å². The highest BCUT2D eigenvalue weighted by molar-refractivity contribution is 6.79. The normalized spacial score (nSPS) is 13.6. The van der Waals surface area contributed by atoms with Crippen molar-refractivity contribution >= 4 is 14.1 Å². The minimum atomic E-state index is -2.86. The van der Waals surface area contributed by atoms with Crippen molar-refractivity contribution in [3.8, 4) is 0 Å². The van der Waals surface area contributed by atoms with Gasteiger partial charge in [-0.3, -0.25) is 0 Å². The van der Waals surface area contributed by atoms with Gasteiger partial charge in [-0.05, 0) is 18.6 Å². The van der Waals surface area contributed by atoms with Gasteiger partial charge in [0, 0.05) is 0 Å².